The molecule has 0 atom stereocenters. The van der Waals surface area contributed by atoms with Crippen LogP contribution in [0, 0.1) is 5.41 Å². The first-order valence-corrected chi connectivity index (χ1v) is 6.95. The van der Waals surface area contributed by atoms with Gasteiger partial charge < -0.3 is 9.52 Å². The van der Waals surface area contributed by atoms with Crippen LogP contribution in [0.1, 0.15) is 57.1 Å². The van der Waals surface area contributed by atoms with Crippen molar-refractivity contribution in [3.05, 3.63) is 24.2 Å². The smallest absolute Gasteiger partial charge is 0.106 e. The summed E-state index contributed by atoms with van der Waals surface area (Å²) in [7, 11) is 0. The second kappa shape index (κ2) is 4.16. The summed E-state index contributed by atoms with van der Waals surface area (Å²) in [6.45, 7) is 0. The Morgan fingerprint density at radius 2 is 1.76 bits per heavy atom. The van der Waals surface area contributed by atoms with Crippen molar-refractivity contribution in [1.29, 1.82) is 0 Å². The molecule has 1 aromatic heterocycles. The summed E-state index contributed by atoms with van der Waals surface area (Å²) in [6, 6.07) is 3.87. The predicted octanol–water partition coefficient (Wildman–Crippen LogP) is 3.69. The highest BCUT2D eigenvalue weighted by molar-refractivity contribution is 5.05. The van der Waals surface area contributed by atoms with Crippen molar-refractivity contribution in [2.75, 3.05) is 0 Å². The quantitative estimate of drug-likeness (QED) is 0.846. The first kappa shape index (κ1) is 11.3. The van der Waals surface area contributed by atoms with E-state index in [2.05, 4.69) is 0 Å². The van der Waals surface area contributed by atoms with E-state index in [9.17, 15) is 5.11 Å². The molecule has 0 aliphatic heterocycles. The van der Waals surface area contributed by atoms with Crippen molar-refractivity contribution < 1.29 is 9.52 Å². The first-order valence-electron chi connectivity index (χ1n) is 6.95. The minimum absolute atomic E-state index is 0.508. The fourth-order valence-corrected chi connectivity index (χ4v) is 3.78. The molecule has 1 aromatic rings. The maximum absolute atomic E-state index is 10.6. The highest BCUT2D eigenvalue weighted by Gasteiger charge is 2.43. The average molecular weight is 234 g/mol. The molecule has 1 heterocycles. The van der Waals surface area contributed by atoms with Gasteiger partial charge >= 0.3 is 0 Å². The minimum atomic E-state index is -0.508. The summed E-state index contributed by atoms with van der Waals surface area (Å²) < 4.78 is 5.36. The van der Waals surface area contributed by atoms with E-state index in [-0.39, 0.29) is 0 Å². The monoisotopic (exact) mass is 234 g/mol. The average Bonchev–Trinajstić information content (AvgIpc) is 2.96. The standard InChI is InChI=1S/C15H22O2/c16-15(12-13-4-3-11-17-13)9-7-14(8-10-15)5-1-2-6-14/h3-4,11,16H,1-2,5-10,12H2. The molecule has 2 aliphatic carbocycles. The zero-order chi connectivity index (χ0) is 11.8. The summed E-state index contributed by atoms with van der Waals surface area (Å²) in [5.74, 6) is 0.926. The third kappa shape index (κ3) is 2.28. The molecule has 2 nitrogen and oxygen atoms in total. The predicted molar refractivity (Wildman–Crippen MR) is 66.7 cm³/mol. The van der Waals surface area contributed by atoms with Gasteiger partial charge in [-0.05, 0) is 56.1 Å². The van der Waals surface area contributed by atoms with Gasteiger partial charge in [0, 0.05) is 6.42 Å². The Kier molecular flexibility index (Phi) is 2.78. The Morgan fingerprint density at radius 3 is 2.35 bits per heavy atom. The van der Waals surface area contributed by atoms with E-state index >= 15 is 0 Å². The van der Waals surface area contributed by atoms with Crippen LogP contribution in [0.3, 0.4) is 0 Å². The topological polar surface area (TPSA) is 33.4 Å². The van der Waals surface area contributed by atoms with E-state index in [4.69, 9.17) is 4.42 Å². The highest BCUT2D eigenvalue weighted by atomic mass is 16.3. The molecule has 94 valence electrons. The van der Waals surface area contributed by atoms with Gasteiger partial charge in [0.15, 0.2) is 0 Å². The molecule has 2 heteroatoms. The van der Waals surface area contributed by atoms with Gasteiger partial charge in [0.1, 0.15) is 5.76 Å². The van der Waals surface area contributed by atoms with Crippen LogP contribution in [-0.2, 0) is 6.42 Å². The van der Waals surface area contributed by atoms with Crippen LogP contribution in [0.15, 0.2) is 22.8 Å². The maximum Gasteiger partial charge on any atom is 0.106 e. The van der Waals surface area contributed by atoms with Crippen molar-refractivity contribution >= 4 is 0 Å². The number of rotatable bonds is 2. The van der Waals surface area contributed by atoms with E-state index in [0.29, 0.717) is 11.8 Å². The molecule has 0 unspecified atom stereocenters. The first-order chi connectivity index (χ1) is 8.20. The van der Waals surface area contributed by atoms with Crippen LogP contribution in [0.4, 0.5) is 0 Å². The second-order valence-corrected chi connectivity index (χ2v) is 6.19. The van der Waals surface area contributed by atoms with Gasteiger partial charge in [-0.2, -0.15) is 0 Å². The normalized spacial score (nSPS) is 26.4. The van der Waals surface area contributed by atoms with E-state index in [0.717, 1.165) is 18.6 Å². The number of hydrogen-bond donors (Lipinski definition) is 1. The molecule has 2 saturated carbocycles. The molecular formula is C15H22O2. The van der Waals surface area contributed by atoms with E-state index in [1.165, 1.54) is 38.5 Å². The Labute approximate surface area is 103 Å². The fraction of sp³-hybridized carbons (Fsp3) is 0.733. The van der Waals surface area contributed by atoms with Crippen molar-refractivity contribution in [1.82, 2.24) is 0 Å². The third-order valence-electron chi connectivity index (χ3n) is 4.99. The lowest BCUT2D eigenvalue weighted by Gasteiger charge is -2.42. The van der Waals surface area contributed by atoms with E-state index in [1.807, 2.05) is 12.1 Å². The second-order valence-electron chi connectivity index (χ2n) is 6.19. The van der Waals surface area contributed by atoms with Gasteiger partial charge in [-0.3, -0.25) is 0 Å². The molecule has 17 heavy (non-hydrogen) atoms. The molecule has 1 spiro atoms. The van der Waals surface area contributed by atoms with Crippen LogP contribution in [0.2, 0.25) is 0 Å². The summed E-state index contributed by atoms with van der Waals surface area (Å²) in [5, 5.41) is 10.6. The third-order valence-corrected chi connectivity index (χ3v) is 4.99. The molecular weight excluding hydrogens is 212 g/mol. The minimum Gasteiger partial charge on any atom is -0.469 e. The van der Waals surface area contributed by atoms with Gasteiger partial charge in [-0.15, -0.1) is 0 Å². The van der Waals surface area contributed by atoms with Gasteiger partial charge in [0.05, 0.1) is 11.9 Å². The Morgan fingerprint density at radius 1 is 1.06 bits per heavy atom. The van der Waals surface area contributed by atoms with Crippen LogP contribution in [0.5, 0.6) is 0 Å². The molecule has 0 aromatic carbocycles. The summed E-state index contributed by atoms with van der Waals surface area (Å²) in [6.07, 6.45) is 12.3. The molecule has 2 fully saturated rings. The molecule has 0 saturated heterocycles. The number of hydrogen-bond acceptors (Lipinski definition) is 2. The summed E-state index contributed by atoms with van der Waals surface area (Å²) >= 11 is 0. The summed E-state index contributed by atoms with van der Waals surface area (Å²) in [4.78, 5) is 0. The Hall–Kier alpha value is -0.760. The lowest BCUT2D eigenvalue weighted by atomic mass is 9.67. The molecule has 0 amide bonds. The Bertz CT molecular complexity index is 350. The maximum atomic E-state index is 10.6. The lowest BCUT2D eigenvalue weighted by Crippen LogP contribution is -2.39. The van der Waals surface area contributed by atoms with Crippen molar-refractivity contribution in [3.63, 3.8) is 0 Å². The van der Waals surface area contributed by atoms with Crippen LogP contribution in [-0.4, -0.2) is 10.7 Å². The molecule has 0 radical (unpaired) electrons. The van der Waals surface area contributed by atoms with Crippen molar-refractivity contribution in [3.8, 4) is 0 Å². The van der Waals surface area contributed by atoms with Crippen LogP contribution < -0.4 is 0 Å². The summed E-state index contributed by atoms with van der Waals surface area (Å²) in [5.41, 5.74) is 0.0844. The molecule has 1 N–H and O–H groups in total. The molecule has 0 bridgehead atoms. The van der Waals surface area contributed by atoms with Gasteiger partial charge in [-0.25, -0.2) is 0 Å². The fourth-order valence-electron chi connectivity index (χ4n) is 3.78. The van der Waals surface area contributed by atoms with E-state index < -0.39 is 5.60 Å². The zero-order valence-electron chi connectivity index (χ0n) is 10.5. The number of furan rings is 1. The number of aliphatic hydroxyl groups is 1. The Balaban J connectivity index is 1.63. The lowest BCUT2D eigenvalue weighted by molar-refractivity contribution is -0.0353. The largest absolute Gasteiger partial charge is 0.469 e. The van der Waals surface area contributed by atoms with Crippen LogP contribution >= 0.6 is 0 Å². The highest BCUT2D eigenvalue weighted by Crippen LogP contribution is 2.51. The molecule has 3 rings (SSSR count). The van der Waals surface area contributed by atoms with Crippen LogP contribution in [0.25, 0.3) is 0 Å². The van der Waals surface area contributed by atoms with E-state index in [1.54, 1.807) is 6.26 Å². The van der Waals surface area contributed by atoms with Crippen molar-refractivity contribution in [2.45, 2.75) is 63.4 Å². The van der Waals surface area contributed by atoms with Crippen molar-refractivity contribution in [2.24, 2.45) is 5.41 Å². The van der Waals surface area contributed by atoms with Gasteiger partial charge in [-0.1, -0.05) is 12.8 Å². The molecule has 2 aliphatic rings. The zero-order valence-corrected chi connectivity index (χ0v) is 10.5. The van der Waals surface area contributed by atoms with Gasteiger partial charge in [0.25, 0.3) is 0 Å². The SMILES string of the molecule is OC1(Cc2ccco2)CCC2(CCCC2)CC1. The van der Waals surface area contributed by atoms with Gasteiger partial charge in [0.2, 0.25) is 0 Å².